The molecule has 3 heterocycles. The first kappa shape index (κ1) is 12.8. The zero-order valence-corrected chi connectivity index (χ0v) is 12.7. The highest BCUT2D eigenvalue weighted by molar-refractivity contribution is 5.87. The summed E-state index contributed by atoms with van der Waals surface area (Å²) in [7, 11) is 0. The highest BCUT2D eigenvalue weighted by atomic mass is 16.5. The molecule has 1 saturated heterocycles. The lowest BCUT2D eigenvalue weighted by Gasteiger charge is -2.57. The minimum atomic E-state index is 0.158. The van der Waals surface area contributed by atoms with Gasteiger partial charge in [0.1, 0.15) is 17.5 Å². The van der Waals surface area contributed by atoms with Gasteiger partial charge in [0.25, 0.3) is 5.71 Å². The molecular weight excluding hydrogens is 280 g/mol. The SMILES string of the molecule is Cc1noc2ncnc(NC3CCCC45OCCC4CC35)c12. The summed E-state index contributed by atoms with van der Waals surface area (Å²) in [5, 5.41) is 8.57. The molecule has 2 aromatic rings. The van der Waals surface area contributed by atoms with E-state index in [0.29, 0.717) is 17.7 Å². The maximum Gasteiger partial charge on any atom is 0.263 e. The summed E-state index contributed by atoms with van der Waals surface area (Å²) in [6.07, 6.45) is 7.70. The summed E-state index contributed by atoms with van der Waals surface area (Å²) in [5.74, 6) is 2.25. The van der Waals surface area contributed by atoms with Crippen LogP contribution in [0.3, 0.4) is 0 Å². The fraction of sp³-hybridized carbons (Fsp3) is 0.688. The number of nitrogens with zero attached hydrogens (tertiary/aromatic N) is 3. The van der Waals surface area contributed by atoms with E-state index in [1.807, 2.05) is 6.92 Å². The second-order valence-corrected chi connectivity index (χ2v) is 6.94. The highest BCUT2D eigenvalue weighted by Crippen LogP contribution is 2.59. The Morgan fingerprint density at radius 3 is 3.18 bits per heavy atom. The van der Waals surface area contributed by atoms with E-state index in [2.05, 4.69) is 20.4 Å². The number of nitrogens with one attached hydrogen (secondary N) is 1. The minimum absolute atomic E-state index is 0.158. The molecule has 3 fully saturated rings. The Morgan fingerprint density at radius 2 is 2.27 bits per heavy atom. The first-order valence-electron chi connectivity index (χ1n) is 8.25. The van der Waals surface area contributed by atoms with Crippen molar-refractivity contribution in [2.75, 3.05) is 11.9 Å². The van der Waals surface area contributed by atoms with Crippen molar-refractivity contribution in [2.24, 2.45) is 11.8 Å². The molecule has 6 heteroatoms. The average Bonchev–Trinajstić information content (AvgIpc) is 3.01. The third kappa shape index (κ3) is 1.56. The van der Waals surface area contributed by atoms with E-state index < -0.39 is 0 Å². The standard InChI is InChI=1S/C16H20N4O2/c1-9-13-14(17-8-18-15(13)22-20-9)19-12-3-2-5-16-10(4-6-21-16)7-11(12)16/h8,10-12H,2-7H2,1H3,(H,17,18,19). The zero-order valence-electron chi connectivity index (χ0n) is 12.7. The first-order valence-corrected chi connectivity index (χ1v) is 8.25. The molecule has 22 heavy (non-hydrogen) atoms. The maximum atomic E-state index is 6.20. The van der Waals surface area contributed by atoms with Gasteiger partial charge in [-0.15, -0.1) is 0 Å². The molecule has 2 aliphatic carbocycles. The number of ether oxygens (including phenoxy) is 1. The molecule has 2 aromatic heterocycles. The van der Waals surface area contributed by atoms with Crippen molar-refractivity contribution in [1.82, 2.24) is 15.1 Å². The third-order valence-electron chi connectivity index (χ3n) is 6.03. The van der Waals surface area contributed by atoms with Crippen molar-refractivity contribution in [1.29, 1.82) is 0 Å². The van der Waals surface area contributed by atoms with E-state index in [4.69, 9.17) is 9.26 Å². The molecule has 6 nitrogen and oxygen atoms in total. The Kier molecular flexibility index (Phi) is 2.57. The van der Waals surface area contributed by atoms with Gasteiger partial charge in [-0.05, 0) is 44.9 Å². The van der Waals surface area contributed by atoms with Gasteiger partial charge in [0.2, 0.25) is 0 Å². The predicted molar refractivity (Wildman–Crippen MR) is 80.5 cm³/mol. The van der Waals surface area contributed by atoms with Crippen LogP contribution in [-0.4, -0.2) is 33.4 Å². The van der Waals surface area contributed by atoms with E-state index in [-0.39, 0.29) is 5.60 Å². The van der Waals surface area contributed by atoms with Crippen molar-refractivity contribution < 1.29 is 9.26 Å². The molecule has 0 amide bonds. The molecule has 116 valence electrons. The molecule has 0 aromatic carbocycles. The van der Waals surface area contributed by atoms with E-state index in [9.17, 15) is 0 Å². The summed E-state index contributed by atoms with van der Waals surface area (Å²) in [5.41, 5.74) is 1.56. The van der Waals surface area contributed by atoms with Crippen LogP contribution in [0.4, 0.5) is 5.82 Å². The summed E-state index contributed by atoms with van der Waals surface area (Å²) in [6, 6.07) is 0.426. The van der Waals surface area contributed by atoms with Gasteiger partial charge in [0.15, 0.2) is 0 Å². The second-order valence-electron chi connectivity index (χ2n) is 6.94. The molecular formula is C16H20N4O2. The van der Waals surface area contributed by atoms with Crippen LogP contribution in [0, 0.1) is 18.8 Å². The largest absolute Gasteiger partial charge is 0.374 e. The number of aryl methyl sites for hydroxylation is 1. The third-order valence-corrected chi connectivity index (χ3v) is 6.03. The monoisotopic (exact) mass is 300 g/mol. The van der Waals surface area contributed by atoms with Gasteiger partial charge in [-0.2, -0.15) is 4.98 Å². The number of anilines is 1. The Morgan fingerprint density at radius 1 is 1.32 bits per heavy atom. The van der Waals surface area contributed by atoms with Gasteiger partial charge in [-0.1, -0.05) is 5.16 Å². The van der Waals surface area contributed by atoms with Crippen molar-refractivity contribution >= 4 is 16.9 Å². The number of hydrogen-bond acceptors (Lipinski definition) is 6. The number of hydrogen-bond donors (Lipinski definition) is 1. The lowest BCUT2D eigenvalue weighted by atomic mass is 9.53. The molecule has 1 N–H and O–H groups in total. The van der Waals surface area contributed by atoms with Gasteiger partial charge >= 0.3 is 0 Å². The number of rotatable bonds is 2. The Balaban J connectivity index is 1.47. The second kappa shape index (κ2) is 4.41. The summed E-state index contributed by atoms with van der Waals surface area (Å²) < 4.78 is 11.4. The van der Waals surface area contributed by atoms with Crippen LogP contribution in [0.5, 0.6) is 0 Å². The van der Waals surface area contributed by atoms with Gasteiger partial charge < -0.3 is 14.6 Å². The fourth-order valence-corrected chi connectivity index (χ4v) is 4.97. The van der Waals surface area contributed by atoms with Crippen LogP contribution >= 0.6 is 0 Å². The minimum Gasteiger partial charge on any atom is -0.374 e. The zero-order chi connectivity index (χ0) is 14.7. The van der Waals surface area contributed by atoms with E-state index >= 15 is 0 Å². The Hall–Kier alpha value is -1.69. The van der Waals surface area contributed by atoms with Crippen molar-refractivity contribution in [3.8, 4) is 0 Å². The average molecular weight is 300 g/mol. The van der Waals surface area contributed by atoms with Crippen LogP contribution < -0.4 is 5.32 Å². The van der Waals surface area contributed by atoms with Crippen LogP contribution in [0.2, 0.25) is 0 Å². The van der Waals surface area contributed by atoms with Crippen LogP contribution in [0.15, 0.2) is 10.9 Å². The molecule has 2 saturated carbocycles. The summed E-state index contributed by atoms with van der Waals surface area (Å²) in [4.78, 5) is 8.59. The van der Waals surface area contributed by atoms with Gasteiger partial charge in [-0.3, -0.25) is 0 Å². The van der Waals surface area contributed by atoms with Crippen LogP contribution in [0.25, 0.3) is 11.1 Å². The molecule has 4 atom stereocenters. The fourth-order valence-electron chi connectivity index (χ4n) is 4.97. The smallest absolute Gasteiger partial charge is 0.263 e. The molecule has 0 bridgehead atoms. The van der Waals surface area contributed by atoms with Gasteiger partial charge in [0.05, 0.1) is 11.3 Å². The topological polar surface area (TPSA) is 73.1 Å². The maximum absolute atomic E-state index is 6.20. The molecule has 4 unspecified atom stereocenters. The predicted octanol–water partition coefficient (Wildman–Crippen LogP) is 2.69. The first-order chi connectivity index (χ1) is 10.8. The quantitative estimate of drug-likeness (QED) is 0.919. The van der Waals surface area contributed by atoms with Crippen molar-refractivity contribution in [3.05, 3.63) is 12.0 Å². The van der Waals surface area contributed by atoms with Crippen molar-refractivity contribution in [2.45, 2.75) is 50.7 Å². The van der Waals surface area contributed by atoms with Gasteiger partial charge in [0, 0.05) is 18.6 Å². The lowest BCUT2D eigenvalue weighted by molar-refractivity contribution is -0.160. The lowest BCUT2D eigenvalue weighted by Crippen LogP contribution is -2.61. The Bertz CT molecular complexity index is 730. The van der Waals surface area contributed by atoms with E-state index in [1.165, 1.54) is 32.1 Å². The van der Waals surface area contributed by atoms with Crippen molar-refractivity contribution in [3.63, 3.8) is 0 Å². The molecule has 1 aliphatic heterocycles. The summed E-state index contributed by atoms with van der Waals surface area (Å²) in [6.45, 7) is 2.87. The van der Waals surface area contributed by atoms with E-state index in [0.717, 1.165) is 29.4 Å². The molecule has 1 spiro atoms. The van der Waals surface area contributed by atoms with Crippen LogP contribution in [0.1, 0.15) is 37.8 Å². The normalized spacial score (nSPS) is 36.7. The number of aromatic nitrogens is 3. The highest BCUT2D eigenvalue weighted by Gasteiger charge is 2.62. The van der Waals surface area contributed by atoms with E-state index in [1.54, 1.807) is 6.33 Å². The molecule has 0 radical (unpaired) electrons. The summed E-state index contributed by atoms with van der Waals surface area (Å²) >= 11 is 0. The van der Waals surface area contributed by atoms with Gasteiger partial charge in [-0.25, -0.2) is 4.98 Å². The molecule has 5 rings (SSSR count). The Labute approximate surface area is 128 Å². The van der Waals surface area contributed by atoms with Crippen LogP contribution in [-0.2, 0) is 4.74 Å². The number of fused-ring (bicyclic) bond motifs is 1. The molecule has 3 aliphatic rings.